The van der Waals surface area contributed by atoms with Gasteiger partial charge in [-0.25, -0.2) is 9.80 Å². The molecule has 0 atom stereocenters. The van der Waals surface area contributed by atoms with Crippen LogP contribution in [0.5, 0.6) is 0 Å². The molecule has 3 aliphatic heterocycles. The number of carbonyl (C=O) groups is 4. The van der Waals surface area contributed by atoms with E-state index in [1.165, 1.54) is 9.80 Å². The van der Waals surface area contributed by atoms with Gasteiger partial charge < -0.3 is 4.98 Å². The summed E-state index contributed by atoms with van der Waals surface area (Å²) in [5, 5.41) is 0.674. The zero-order valence-electron chi connectivity index (χ0n) is 32.6. The zero-order valence-corrected chi connectivity index (χ0v) is 32.6. The van der Waals surface area contributed by atoms with Gasteiger partial charge in [0, 0.05) is 56.7 Å². The minimum Gasteiger partial charge on any atom is -0.361 e. The summed E-state index contributed by atoms with van der Waals surface area (Å²) in [4.78, 5) is 67.7. The van der Waals surface area contributed by atoms with E-state index in [0.29, 0.717) is 22.1 Å². The Labute approximate surface area is 330 Å². The molecule has 1 N–H and O–H groups in total. The van der Waals surface area contributed by atoms with E-state index in [4.69, 9.17) is 0 Å². The van der Waals surface area contributed by atoms with Gasteiger partial charge in [0.1, 0.15) is 0 Å². The van der Waals surface area contributed by atoms with Gasteiger partial charge in [-0.1, -0.05) is 90.1 Å². The smallest absolute Gasteiger partial charge is 0.265 e. The van der Waals surface area contributed by atoms with Crippen LogP contribution in [-0.4, -0.2) is 34.8 Å². The summed E-state index contributed by atoms with van der Waals surface area (Å²) in [6.45, 7) is 12.4. The fraction of sp³-hybridized carbons (Fsp3) is 0.163. The number of aromatic nitrogens is 1. The third-order valence-corrected chi connectivity index (χ3v) is 11.1. The van der Waals surface area contributed by atoms with Crippen molar-refractivity contribution in [1.29, 1.82) is 0 Å². The highest BCUT2D eigenvalue weighted by molar-refractivity contribution is 6.42. The molecular formula is C49H40N4O4. The van der Waals surface area contributed by atoms with Crippen molar-refractivity contribution >= 4 is 57.6 Å². The van der Waals surface area contributed by atoms with Gasteiger partial charge in [0.05, 0.1) is 17.1 Å². The first-order valence-electron chi connectivity index (χ1n) is 19.0. The highest BCUT2D eigenvalue weighted by Gasteiger charge is 2.42. The van der Waals surface area contributed by atoms with E-state index in [1.54, 1.807) is 42.6 Å². The van der Waals surface area contributed by atoms with Crippen LogP contribution in [0.2, 0.25) is 0 Å². The molecule has 0 bridgehead atoms. The average Bonchev–Trinajstić information content (AvgIpc) is 3.92. The molecule has 3 aliphatic rings. The van der Waals surface area contributed by atoms with Crippen LogP contribution in [0.15, 0.2) is 132 Å². The van der Waals surface area contributed by atoms with Gasteiger partial charge in [-0.2, -0.15) is 0 Å². The fourth-order valence-electron chi connectivity index (χ4n) is 8.15. The lowest BCUT2D eigenvalue weighted by molar-refractivity contribution is 0.0872. The minimum absolute atomic E-state index is 0.224. The maximum atomic E-state index is 14.5. The van der Waals surface area contributed by atoms with E-state index in [9.17, 15) is 19.2 Å². The number of nitrogens with zero attached hydrogens (tertiary/aromatic N) is 3. The van der Waals surface area contributed by atoms with Crippen LogP contribution >= 0.6 is 0 Å². The van der Waals surface area contributed by atoms with Crippen molar-refractivity contribution in [2.45, 2.75) is 52.4 Å². The van der Waals surface area contributed by atoms with E-state index in [1.807, 2.05) is 66.9 Å². The number of aromatic amines is 1. The monoisotopic (exact) mass is 748 g/mol. The summed E-state index contributed by atoms with van der Waals surface area (Å²) in [5.74, 6) is -2.01. The average molecular weight is 749 g/mol. The molecule has 0 fully saturated rings. The molecule has 0 saturated heterocycles. The van der Waals surface area contributed by atoms with Gasteiger partial charge in [-0.05, 0) is 105 Å². The van der Waals surface area contributed by atoms with Gasteiger partial charge >= 0.3 is 0 Å². The Bertz CT molecular complexity index is 2720. The second-order valence-electron chi connectivity index (χ2n) is 16.8. The second kappa shape index (κ2) is 12.8. The number of carbonyl (C=O) groups excluding carboxylic acids is 4. The van der Waals surface area contributed by atoms with Gasteiger partial charge in [0.15, 0.2) is 0 Å². The highest BCUT2D eigenvalue weighted by Crippen LogP contribution is 2.43. The number of hydrogen-bond donors (Lipinski definition) is 1. The van der Waals surface area contributed by atoms with E-state index in [0.717, 1.165) is 44.8 Å². The number of nitrogens with one attached hydrogen (secondary N) is 1. The lowest BCUT2D eigenvalue weighted by Crippen LogP contribution is -2.44. The molecule has 0 unspecified atom stereocenters. The molecule has 5 aromatic carbocycles. The van der Waals surface area contributed by atoms with Crippen molar-refractivity contribution in [2.75, 3.05) is 9.80 Å². The molecule has 6 aromatic rings. The van der Waals surface area contributed by atoms with Gasteiger partial charge in [-0.15, -0.1) is 0 Å². The molecule has 9 rings (SSSR count). The van der Waals surface area contributed by atoms with Gasteiger partial charge in [0.25, 0.3) is 23.6 Å². The van der Waals surface area contributed by atoms with Crippen molar-refractivity contribution in [3.63, 3.8) is 0 Å². The molecule has 280 valence electrons. The first kappa shape index (κ1) is 35.8. The summed E-state index contributed by atoms with van der Waals surface area (Å²) >= 11 is 0. The Morgan fingerprint density at radius 3 is 1.61 bits per heavy atom. The van der Waals surface area contributed by atoms with Crippen LogP contribution in [0.25, 0.3) is 27.5 Å². The lowest BCUT2D eigenvalue weighted by Gasteiger charge is -2.35. The number of benzene rings is 5. The molecule has 4 amide bonds. The van der Waals surface area contributed by atoms with Crippen LogP contribution in [0.1, 0.15) is 105 Å². The summed E-state index contributed by atoms with van der Waals surface area (Å²) < 4.78 is 0. The maximum absolute atomic E-state index is 14.5. The number of anilines is 2. The molecule has 0 saturated carbocycles. The highest BCUT2D eigenvalue weighted by atomic mass is 16.2. The third-order valence-electron chi connectivity index (χ3n) is 11.1. The normalized spacial score (nSPS) is 16.0. The lowest BCUT2D eigenvalue weighted by atomic mass is 9.80. The number of imide groups is 2. The van der Waals surface area contributed by atoms with Crippen molar-refractivity contribution in [3.8, 4) is 11.1 Å². The number of H-pyrrole nitrogens is 1. The number of aliphatic imine (C=N–C) groups is 1. The third kappa shape index (κ3) is 5.70. The Hall–Kier alpha value is -6.93. The Morgan fingerprint density at radius 2 is 1.14 bits per heavy atom. The first-order valence-corrected chi connectivity index (χ1v) is 19.0. The van der Waals surface area contributed by atoms with Crippen LogP contribution in [0.3, 0.4) is 0 Å². The van der Waals surface area contributed by atoms with Crippen molar-refractivity contribution in [3.05, 3.63) is 172 Å². The summed E-state index contributed by atoms with van der Waals surface area (Å²) in [6, 6.07) is 31.9. The molecule has 0 radical (unpaired) electrons. The molecule has 57 heavy (non-hydrogen) atoms. The second-order valence-corrected chi connectivity index (χ2v) is 16.8. The van der Waals surface area contributed by atoms with E-state index in [-0.39, 0.29) is 33.1 Å². The van der Waals surface area contributed by atoms with Crippen LogP contribution in [-0.2, 0) is 10.8 Å². The number of allylic oxidation sites excluding steroid dienone is 2. The molecule has 4 heterocycles. The number of amides is 4. The van der Waals surface area contributed by atoms with E-state index >= 15 is 0 Å². The summed E-state index contributed by atoms with van der Waals surface area (Å²) in [7, 11) is 0. The van der Waals surface area contributed by atoms with E-state index < -0.39 is 23.6 Å². The fourth-order valence-corrected chi connectivity index (χ4v) is 8.15. The standard InChI is InChI=1S/C49H40N4O4/c1-48(2,3)31-17-24-37(49(4,5)6)40(27-31)53-46(56)35-22-20-33-42-34(21-23-36(43(35)42)47(53)57)45(55)52(44(33)54)32-18-15-29(16-19-32)28-11-13-30(14-12-28)41(38-9-7-25-50-38)39-10-8-26-51-39/h7-27,50H,1-6H3/b41-39+. The number of hydrogen-bond acceptors (Lipinski definition) is 5. The summed E-state index contributed by atoms with van der Waals surface area (Å²) in [6.07, 6.45) is 7.58. The van der Waals surface area contributed by atoms with E-state index in [2.05, 4.69) is 69.7 Å². The molecular weight excluding hydrogens is 709 g/mol. The van der Waals surface area contributed by atoms with Gasteiger partial charge in [0.2, 0.25) is 0 Å². The Morgan fingerprint density at radius 1 is 0.596 bits per heavy atom. The maximum Gasteiger partial charge on any atom is 0.265 e. The molecule has 0 spiro atoms. The molecule has 8 nitrogen and oxygen atoms in total. The van der Waals surface area contributed by atoms with Crippen LogP contribution in [0, 0.1) is 0 Å². The quantitative estimate of drug-likeness (QED) is 0.177. The zero-order chi connectivity index (χ0) is 40.0. The topological polar surface area (TPSA) is 103 Å². The van der Waals surface area contributed by atoms with Crippen molar-refractivity contribution in [1.82, 2.24) is 4.98 Å². The predicted molar refractivity (Wildman–Crippen MR) is 226 cm³/mol. The largest absolute Gasteiger partial charge is 0.361 e. The molecule has 1 aromatic heterocycles. The van der Waals surface area contributed by atoms with Gasteiger partial charge in [-0.3, -0.25) is 24.2 Å². The molecule has 0 aliphatic carbocycles. The predicted octanol–water partition coefficient (Wildman–Crippen LogP) is 10.4. The van der Waals surface area contributed by atoms with Crippen LogP contribution < -0.4 is 9.80 Å². The number of rotatable bonds is 5. The Kier molecular flexibility index (Phi) is 8.04. The van der Waals surface area contributed by atoms with Crippen molar-refractivity contribution < 1.29 is 19.2 Å². The minimum atomic E-state index is -0.517. The Balaban J connectivity index is 1.05. The SMILES string of the molecule is CC(C)(C)c1ccc(C(C)(C)C)c(N2C(=O)c3ccc4c5c(ccc(c35)C2=O)C(=O)N(c2ccc(-c3ccc(/C(=C5/C=CC=N5)c5ccc[nH]5)cc3)cc2)C4=O)c1. The summed E-state index contributed by atoms with van der Waals surface area (Å²) in [5.41, 5.74) is 9.05. The van der Waals surface area contributed by atoms with Crippen LogP contribution in [0.4, 0.5) is 11.4 Å². The first-order chi connectivity index (χ1) is 27.2. The molecule has 8 heteroatoms. The van der Waals surface area contributed by atoms with Crippen molar-refractivity contribution in [2.24, 2.45) is 4.99 Å².